The van der Waals surface area contributed by atoms with Gasteiger partial charge in [0.15, 0.2) is 0 Å². The Labute approximate surface area is 256 Å². The molecule has 6 rings (SSSR count). The molecule has 0 spiro atoms. The molecule has 3 aromatic carbocycles. The van der Waals surface area contributed by atoms with Gasteiger partial charge in [0.05, 0.1) is 45.8 Å². The topological polar surface area (TPSA) is 94.7 Å². The number of nitriles is 1. The molecule has 0 radical (unpaired) electrons. The zero-order chi connectivity index (χ0) is 29.4. The molecule has 0 saturated carbocycles. The minimum atomic E-state index is -0.540. The van der Waals surface area contributed by atoms with E-state index in [2.05, 4.69) is 43.8 Å². The van der Waals surface area contributed by atoms with Crippen molar-refractivity contribution >= 4 is 62.8 Å². The summed E-state index contributed by atoms with van der Waals surface area (Å²) in [6.45, 7) is 5.00. The molecule has 0 amide bonds. The first kappa shape index (κ1) is 28.2. The van der Waals surface area contributed by atoms with E-state index in [0.717, 1.165) is 25.2 Å². The van der Waals surface area contributed by atoms with Crippen LogP contribution in [0.3, 0.4) is 0 Å². The Morgan fingerprint density at radius 3 is 2.57 bits per heavy atom. The highest BCUT2D eigenvalue weighted by Gasteiger charge is 2.29. The smallest absolute Gasteiger partial charge is 0.141 e. The number of aromatic nitrogens is 4. The Morgan fingerprint density at radius 1 is 1.07 bits per heavy atom. The molecule has 2 aromatic heterocycles. The third-order valence-corrected chi connectivity index (χ3v) is 8.09. The number of nitrogens with zero attached hydrogens (tertiary/aromatic N) is 6. The molecular formula is C30H24Cl3FN8. The summed E-state index contributed by atoms with van der Waals surface area (Å²) in [5, 5.41) is 27.2. The van der Waals surface area contributed by atoms with Crippen molar-refractivity contribution in [3.05, 3.63) is 105 Å². The average Bonchev–Trinajstić information content (AvgIpc) is 3.43. The molecule has 12 heteroatoms. The van der Waals surface area contributed by atoms with Crippen molar-refractivity contribution in [3.63, 3.8) is 0 Å². The second-order valence-electron chi connectivity index (χ2n) is 10.0. The predicted octanol–water partition coefficient (Wildman–Crippen LogP) is 7.62. The van der Waals surface area contributed by atoms with Crippen LogP contribution in [-0.2, 0) is 0 Å². The number of benzene rings is 3. The van der Waals surface area contributed by atoms with Gasteiger partial charge in [0.25, 0.3) is 0 Å². The maximum atomic E-state index is 13.8. The van der Waals surface area contributed by atoms with Crippen molar-refractivity contribution in [2.45, 2.75) is 19.0 Å². The second-order valence-corrected chi connectivity index (χ2v) is 11.3. The molecule has 8 nitrogen and oxygen atoms in total. The highest BCUT2D eigenvalue weighted by Crippen LogP contribution is 2.38. The average molecular weight is 622 g/mol. The van der Waals surface area contributed by atoms with Crippen LogP contribution in [0.2, 0.25) is 15.1 Å². The number of rotatable bonds is 8. The first-order valence-corrected chi connectivity index (χ1v) is 14.4. The van der Waals surface area contributed by atoms with Gasteiger partial charge in [-0.3, -0.25) is 9.88 Å². The van der Waals surface area contributed by atoms with Crippen LogP contribution in [0.1, 0.15) is 35.8 Å². The molecule has 0 bridgehead atoms. The maximum absolute atomic E-state index is 13.8. The van der Waals surface area contributed by atoms with E-state index >= 15 is 0 Å². The Hall–Kier alpha value is -3.94. The van der Waals surface area contributed by atoms with E-state index in [4.69, 9.17) is 34.8 Å². The number of likely N-dealkylation sites (N-methyl/N-ethyl adjacent to an activating group) is 1. The van der Waals surface area contributed by atoms with Gasteiger partial charge in [-0.15, -0.1) is 5.10 Å². The highest BCUT2D eigenvalue weighted by molar-refractivity contribution is 6.32. The molecule has 1 aliphatic heterocycles. The van der Waals surface area contributed by atoms with E-state index in [-0.39, 0.29) is 16.6 Å². The van der Waals surface area contributed by atoms with Crippen LogP contribution >= 0.6 is 34.8 Å². The Balaban J connectivity index is 1.42. The van der Waals surface area contributed by atoms with Crippen LogP contribution in [0.4, 0.5) is 21.5 Å². The zero-order valence-corrected chi connectivity index (χ0v) is 24.6. The Morgan fingerprint density at radius 2 is 1.86 bits per heavy atom. The second kappa shape index (κ2) is 11.7. The third kappa shape index (κ3) is 5.59. The summed E-state index contributed by atoms with van der Waals surface area (Å²) in [7, 11) is 0. The van der Waals surface area contributed by atoms with Crippen LogP contribution in [0, 0.1) is 17.1 Å². The van der Waals surface area contributed by atoms with Gasteiger partial charge in [0, 0.05) is 40.4 Å². The van der Waals surface area contributed by atoms with Crippen molar-refractivity contribution in [2.24, 2.45) is 0 Å². The van der Waals surface area contributed by atoms with Crippen LogP contribution < -0.4 is 10.6 Å². The lowest BCUT2D eigenvalue weighted by Gasteiger charge is -2.37. The minimum absolute atomic E-state index is 0.0413. The van der Waals surface area contributed by atoms with Crippen LogP contribution in [0.15, 0.2) is 67.0 Å². The Bertz CT molecular complexity index is 1810. The summed E-state index contributed by atoms with van der Waals surface area (Å²) in [5.41, 5.74) is 4.08. The van der Waals surface area contributed by atoms with Crippen molar-refractivity contribution in [2.75, 3.05) is 30.3 Å². The number of pyridine rings is 1. The first-order chi connectivity index (χ1) is 20.3. The summed E-state index contributed by atoms with van der Waals surface area (Å²) < 4.78 is 15.7. The largest absolute Gasteiger partial charge is 0.371 e. The molecule has 1 saturated heterocycles. The van der Waals surface area contributed by atoms with Crippen molar-refractivity contribution in [3.8, 4) is 6.07 Å². The van der Waals surface area contributed by atoms with Gasteiger partial charge < -0.3 is 10.6 Å². The van der Waals surface area contributed by atoms with Crippen molar-refractivity contribution in [1.82, 2.24) is 24.9 Å². The summed E-state index contributed by atoms with van der Waals surface area (Å²) >= 11 is 18.8. The number of hydrogen-bond donors (Lipinski definition) is 2. The van der Waals surface area contributed by atoms with E-state index in [1.54, 1.807) is 18.2 Å². The predicted molar refractivity (Wildman–Crippen MR) is 164 cm³/mol. The van der Waals surface area contributed by atoms with Gasteiger partial charge in [-0.25, -0.2) is 9.07 Å². The molecule has 0 aliphatic carbocycles. The van der Waals surface area contributed by atoms with E-state index < -0.39 is 11.9 Å². The molecule has 2 N–H and O–H groups in total. The number of halogens is 4. The maximum Gasteiger partial charge on any atom is 0.141 e. The van der Waals surface area contributed by atoms with Gasteiger partial charge >= 0.3 is 0 Å². The minimum Gasteiger partial charge on any atom is -0.371 e. The molecule has 3 heterocycles. The molecule has 212 valence electrons. The van der Waals surface area contributed by atoms with E-state index in [1.807, 2.05) is 35.1 Å². The zero-order valence-electron chi connectivity index (χ0n) is 22.3. The number of fused-ring (bicyclic) bond motifs is 1. The molecule has 1 aliphatic rings. The fraction of sp³-hybridized carbons (Fsp3) is 0.200. The monoisotopic (exact) mass is 620 g/mol. The summed E-state index contributed by atoms with van der Waals surface area (Å²) in [4.78, 5) is 6.96. The van der Waals surface area contributed by atoms with Gasteiger partial charge in [0.1, 0.15) is 17.6 Å². The first-order valence-electron chi connectivity index (χ1n) is 13.2. The van der Waals surface area contributed by atoms with Crippen LogP contribution in [0.25, 0.3) is 10.9 Å². The van der Waals surface area contributed by atoms with Crippen molar-refractivity contribution < 1.29 is 4.39 Å². The SMILES string of the molecule is CCN1CC(n2cc(C(Nc3cc(Cl)cc4c(Nc5ccc(F)c(Cl)c5)c(C#N)cnc34)c3ccc(Cl)cc3)nn2)C1. The third-order valence-electron chi connectivity index (χ3n) is 7.33. The molecule has 1 atom stereocenters. The summed E-state index contributed by atoms with van der Waals surface area (Å²) in [5.74, 6) is -0.540. The lowest BCUT2D eigenvalue weighted by Crippen LogP contribution is -2.47. The van der Waals surface area contributed by atoms with Gasteiger partial charge in [-0.05, 0) is 54.6 Å². The Kier molecular flexibility index (Phi) is 7.88. The molecule has 42 heavy (non-hydrogen) atoms. The van der Waals surface area contributed by atoms with Gasteiger partial charge in [-0.1, -0.05) is 59.1 Å². The molecule has 1 fully saturated rings. The highest BCUT2D eigenvalue weighted by atomic mass is 35.5. The quantitative estimate of drug-likeness (QED) is 0.184. The summed E-state index contributed by atoms with van der Waals surface area (Å²) in [6.07, 6.45) is 3.45. The lowest BCUT2D eigenvalue weighted by atomic mass is 10.0. The van der Waals surface area contributed by atoms with Crippen LogP contribution in [-0.4, -0.2) is 44.5 Å². The molecule has 5 aromatic rings. The van der Waals surface area contributed by atoms with Gasteiger partial charge in [0.2, 0.25) is 0 Å². The van der Waals surface area contributed by atoms with Crippen molar-refractivity contribution in [1.29, 1.82) is 5.26 Å². The number of nitrogens with one attached hydrogen (secondary N) is 2. The van der Waals surface area contributed by atoms with Gasteiger partial charge in [-0.2, -0.15) is 5.26 Å². The van der Waals surface area contributed by atoms with Crippen LogP contribution in [0.5, 0.6) is 0 Å². The number of anilines is 3. The fourth-order valence-electron chi connectivity index (χ4n) is 5.02. The van der Waals surface area contributed by atoms with E-state index in [1.165, 1.54) is 18.3 Å². The fourth-order valence-corrected chi connectivity index (χ4v) is 5.55. The summed E-state index contributed by atoms with van der Waals surface area (Å²) in [6, 6.07) is 17.3. The van der Waals surface area contributed by atoms with E-state index in [0.29, 0.717) is 43.7 Å². The molecule has 1 unspecified atom stereocenters. The van der Waals surface area contributed by atoms with E-state index in [9.17, 15) is 9.65 Å². The number of hydrogen-bond acceptors (Lipinski definition) is 7. The lowest BCUT2D eigenvalue weighted by molar-refractivity contribution is 0.104. The standard InChI is InChI=1S/C30H24Cl3FN8/c1-2-41-14-22(15-41)42-16-27(39-40-42)29(17-3-5-19(31)6-4-17)38-26-10-20(32)9-23-28(18(12-35)13-36-30(23)26)37-21-7-8-25(34)24(33)11-21/h3-11,13,16,22,29,38H,2,14-15H2,1H3,(H,36,37). The molecular weight excluding hydrogens is 598 g/mol. The number of likely N-dealkylation sites (tertiary alicyclic amines) is 1. The normalized spacial score (nSPS) is 14.4.